The van der Waals surface area contributed by atoms with Crippen LogP contribution in [-0.2, 0) is 4.79 Å². The van der Waals surface area contributed by atoms with Crippen molar-refractivity contribution in [3.05, 3.63) is 29.6 Å². The summed E-state index contributed by atoms with van der Waals surface area (Å²) in [7, 11) is 0. The van der Waals surface area contributed by atoms with Crippen LogP contribution in [0.5, 0.6) is 0 Å². The van der Waals surface area contributed by atoms with Gasteiger partial charge >= 0.3 is 0 Å². The fourth-order valence-electron chi connectivity index (χ4n) is 1.24. The molecule has 0 spiro atoms. The molecule has 1 rings (SSSR count). The zero-order valence-electron chi connectivity index (χ0n) is 10.9. The van der Waals surface area contributed by atoms with Crippen LogP contribution in [0.4, 0.5) is 0 Å². The summed E-state index contributed by atoms with van der Waals surface area (Å²) >= 11 is 0. The Kier molecular flexibility index (Phi) is 4.62. The van der Waals surface area contributed by atoms with Gasteiger partial charge < -0.3 is 16.8 Å². The van der Waals surface area contributed by atoms with Crippen LogP contribution in [0.1, 0.15) is 29.9 Å². The SMILES string of the molecule is CC(C)(NC(=O)c1ncccc1C#CCN)C(N)=O. The lowest BCUT2D eigenvalue weighted by Crippen LogP contribution is -2.53. The number of rotatable bonds is 3. The van der Waals surface area contributed by atoms with Gasteiger partial charge in [-0.15, -0.1) is 0 Å². The molecular formula is C13H16N4O2. The summed E-state index contributed by atoms with van der Waals surface area (Å²) < 4.78 is 0. The smallest absolute Gasteiger partial charge is 0.272 e. The van der Waals surface area contributed by atoms with Gasteiger partial charge in [0, 0.05) is 6.20 Å². The van der Waals surface area contributed by atoms with Gasteiger partial charge in [0.05, 0.1) is 12.1 Å². The van der Waals surface area contributed by atoms with Crippen molar-refractivity contribution in [2.75, 3.05) is 6.54 Å². The number of primary amides is 1. The molecule has 0 radical (unpaired) electrons. The van der Waals surface area contributed by atoms with Gasteiger partial charge in [-0.2, -0.15) is 0 Å². The number of nitrogens with one attached hydrogen (secondary N) is 1. The van der Waals surface area contributed by atoms with Crippen LogP contribution < -0.4 is 16.8 Å². The molecule has 0 aliphatic rings. The summed E-state index contributed by atoms with van der Waals surface area (Å²) in [5.41, 5.74) is 9.91. The number of pyridine rings is 1. The van der Waals surface area contributed by atoms with Gasteiger partial charge in [-0.25, -0.2) is 4.98 Å². The molecule has 0 saturated heterocycles. The van der Waals surface area contributed by atoms with Crippen molar-refractivity contribution in [1.29, 1.82) is 0 Å². The lowest BCUT2D eigenvalue weighted by molar-refractivity contribution is -0.122. The van der Waals surface area contributed by atoms with E-state index in [-0.39, 0.29) is 12.2 Å². The van der Waals surface area contributed by atoms with Gasteiger partial charge in [0.1, 0.15) is 11.2 Å². The summed E-state index contributed by atoms with van der Waals surface area (Å²) in [6, 6.07) is 3.32. The Bertz CT molecular complexity index is 555. The highest BCUT2D eigenvalue weighted by molar-refractivity contribution is 5.98. The average molecular weight is 260 g/mol. The summed E-state index contributed by atoms with van der Waals surface area (Å²) in [6.45, 7) is 3.21. The summed E-state index contributed by atoms with van der Waals surface area (Å²) in [5.74, 6) is 4.26. The fourth-order valence-corrected chi connectivity index (χ4v) is 1.24. The highest BCUT2D eigenvalue weighted by atomic mass is 16.2. The molecule has 0 bridgehead atoms. The van der Waals surface area contributed by atoms with E-state index < -0.39 is 17.4 Å². The number of nitrogens with zero attached hydrogens (tertiary/aromatic N) is 1. The molecule has 2 amide bonds. The zero-order chi connectivity index (χ0) is 14.5. The number of hydrogen-bond donors (Lipinski definition) is 3. The maximum absolute atomic E-state index is 12.1. The van der Waals surface area contributed by atoms with Crippen LogP contribution in [-0.4, -0.2) is 28.9 Å². The number of aromatic nitrogens is 1. The minimum atomic E-state index is -1.16. The second-order valence-corrected chi connectivity index (χ2v) is 4.35. The fraction of sp³-hybridized carbons (Fsp3) is 0.308. The first kappa shape index (κ1) is 14.7. The maximum Gasteiger partial charge on any atom is 0.272 e. The molecule has 0 unspecified atom stereocenters. The Morgan fingerprint density at radius 3 is 2.74 bits per heavy atom. The predicted octanol–water partition coefficient (Wildman–Crippen LogP) is -0.614. The number of carbonyl (C=O) groups excluding carboxylic acids is 2. The molecule has 6 nitrogen and oxygen atoms in total. The van der Waals surface area contributed by atoms with Gasteiger partial charge in [0.15, 0.2) is 0 Å². The molecule has 0 aromatic carbocycles. The molecule has 0 atom stereocenters. The Morgan fingerprint density at radius 1 is 1.47 bits per heavy atom. The lowest BCUT2D eigenvalue weighted by atomic mass is 10.0. The van der Waals surface area contributed by atoms with E-state index in [1.807, 2.05) is 0 Å². The van der Waals surface area contributed by atoms with Gasteiger partial charge in [0.25, 0.3) is 5.91 Å². The van der Waals surface area contributed by atoms with Crippen molar-refractivity contribution in [3.63, 3.8) is 0 Å². The monoisotopic (exact) mass is 260 g/mol. The number of nitrogens with two attached hydrogens (primary N) is 2. The van der Waals surface area contributed by atoms with Crippen molar-refractivity contribution >= 4 is 11.8 Å². The standard InChI is InChI=1S/C13H16N4O2/c1-13(2,12(15)19)17-11(18)10-9(5-3-7-14)6-4-8-16-10/h4,6,8H,7,14H2,1-2H3,(H2,15,19)(H,17,18). The van der Waals surface area contributed by atoms with Crippen molar-refractivity contribution in [1.82, 2.24) is 10.3 Å². The molecule has 5 N–H and O–H groups in total. The molecular weight excluding hydrogens is 244 g/mol. The third-order valence-corrected chi connectivity index (χ3v) is 2.39. The Hall–Kier alpha value is -2.39. The average Bonchev–Trinajstić information content (AvgIpc) is 2.36. The third-order valence-electron chi connectivity index (χ3n) is 2.39. The van der Waals surface area contributed by atoms with Gasteiger partial charge in [-0.3, -0.25) is 9.59 Å². The van der Waals surface area contributed by atoms with Gasteiger partial charge in [-0.1, -0.05) is 11.8 Å². The van der Waals surface area contributed by atoms with E-state index in [1.54, 1.807) is 12.1 Å². The number of hydrogen-bond acceptors (Lipinski definition) is 4. The van der Waals surface area contributed by atoms with E-state index >= 15 is 0 Å². The summed E-state index contributed by atoms with van der Waals surface area (Å²) in [6.07, 6.45) is 1.47. The zero-order valence-corrected chi connectivity index (χ0v) is 10.9. The van der Waals surface area contributed by atoms with E-state index in [9.17, 15) is 9.59 Å². The molecule has 0 fully saturated rings. The second kappa shape index (κ2) is 5.98. The van der Waals surface area contributed by atoms with E-state index in [2.05, 4.69) is 22.1 Å². The lowest BCUT2D eigenvalue weighted by Gasteiger charge is -2.22. The molecule has 1 aromatic rings. The quantitative estimate of drug-likeness (QED) is 0.629. The first-order valence-corrected chi connectivity index (χ1v) is 5.65. The van der Waals surface area contributed by atoms with Crippen LogP contribution in [0.2, 0.25) is 0 Å². The molecule has 100 valence electrons. The van der Waals surface area contributed by atoms with Gasteiger partial charge in [0.2, 0.25) is 5.91 Å². The molecule has 1 heterocycles. The van der Waals surface area contributed by atoms with Crippen LogP contribution in [0.3, 0.4) is 0 Å². The van der Waals surface area contributed by atoms with Crippen LogP contribution in [0, 0.1) is 11.8 Å². The molecule has 1 aromatic heterocycles. The number of amides is 2. The van der Waals surface area contributed by atoms with Crippen molar-refractivity contribution in [2.45, 2.75) is 19.4 Å². The highest BCUT2D eigenvalue weighted by Gasteiger charge is 2.28. The van der Waals surface area contributed by atoms with E-state index in [1.165, 1.54) is 20.0 Å². The molecule has 0 aliphatic carbocycles. The summed E-state index contributed by atoms with van der Waals surface area (Å²) in [5, 5.41) is 2.51. The van der Waals surface area contributed by atoms with Crippen LogP contribution >= 0.6 is 0 Å². The van der Waals surface area contributed by atoms with Crippen LogP contribution in [0.15, 0.2) is 18.3 Å². The van der Waals surface area contributed by atoms with Crippen molar-refractivity contribution in [3.8, 4) is 11.8 Å². The Balaban J connectivity index is 3.04. The largest absolute Gasteiger partial charge is 0.368 e. The second-order valence-electron chi connectivity index (χ2n) is 4.35. The topological polar surface area (TPSA) is 111 Å². The minimum Gasteiger partial charge on any atom is -0.368 e. The highest BCUT2D eigenvalue weighted by Crippen LogP contribution is 2.07. The number of carbonyl (C=O) groups is 2. The predicted molar refractivity (Wildman–Crippen MR) is 70.9 cm³/mol. The van der Waals surface area contributed by atoms with E-state index in [4.69, 9.17) is 11.5 Å². The van der Waals surface area contributed by atoms with Gasteiger partial charge in [-0.05, 0) is 26.0 Å². The Morgan fingerprint density at radius 2 is 2.16 bits per heavy atom. The maximum atomic E-state index is 12.1. The minimum absolute atomic E-state index is 0.137. The molecule has 0 saturated carbocycles. The van der Waals surface area contributed by atoms with Crippen molar-refractivity contribution in [2.24, 2.45) is 11.5 Å². The van der Waals surface area contributed by atoms with Crippen LogP contribution in [0.25, 0.3) is 0 Å². The Labute approximate surface area is 111 Å². The van der Waals surface area contributed by atoms with E-state index in [0.29, 0.717) is 5.56 Å². The third kappa shape index (κ3) is 3.79. The first-order valence-electron chi connectivity index (χ1n) is 5.65. The molecule has 0 aliphatic heterocycles. The summed E-state index contributed by atoms with van der Waals surface area (Å²) in [4.78, 5) is 27.2. The molecule has 6 heteroatoms. The van der Waals surface area contributed by atoms with Crippen molar-refractivity contribution < 1.29 is 9.59 Å². The first-order chi connectivity index (χ1) is 8.88. The van der Waals surface area contributed by atoms with E-state index in [0.717, 1.165) is 0 Å². The molecule has 19 heavy (non-hydrogen) atoms. The normalized spacial score (nSPS) is 10.3.